The number of H-pyrrole nitrogens is 1. The minimum atomic E-state index is -0.372. The highest BCUT2D eigenvalue weighted by Crippen LogP contribution is 1.94. The molecule has 15 heavy (non-hydrogen) atoms. The Morgan fingerprint density at radius 1 is 1.60 bits per heavy atom. The van der Waals surface area contributed by atoms with Crippen LogP contribution in [-0.2, 0) is 9.53 Å². The number of aryl methyl sites for hydroxylation is 1. The summed E-state index contributed by atoms with van der Waals surface area (Å²) >= 11 is 0. The van der Waals surface area contributed by atoms with Gasteiger partial charge in [-0.25, -0.2) is 0 Å². The molecule has 0 bridgehead atoms. The molecule has 4 nitrogen and oxygen atoms in total. The topological polar surface area (TPSA) is 59.2 Å². The quantitative estimate of drug-likeness (QED) is 0.539. The number of pyridine rings is 1. The van der Waals surface area contributed by atoms with E-state index in [0.29, 0.717) is 11.1 Å². The van der Waals surface area contributed by atoms with Gasteiger partial charge in [0.25, 0.3) is 5.56 Å². The molecule has 4 heteroatoms. The van der Waals surface area contributed by atoms with Crippen LogP contribution in [0.15, 0.2) is 17.1 Å². The summed E-state index contributed by atoms with van der Waals surface area (Å²) in [4.78, 5) is 24.3. The third-order valence-corrected chi connectivity index (χ3v) is 1.78. The fourth-order valence-electron chi connectivity index (χ4n) is 0.960. The summed E-state index contributed by atoms with van der Waals surface area (Å²) in [7, 11) is 1.31. The van der Waals surface area contributed by atoms with E-state index in [2.05, 4.69) is 21.6 Å². The Bertz CT molecular complexity index is 477. The molecule has 0 fully saturated rings. The number of esters is 1. The molecule has 1 aromatic heterocycles. The van der Waals surface area contributed by atoms with E-state index in [4.69, 9.17) is 0 Å². The third-order valence-electron chi connectivity index (χ3n) is 1.78. The minimum Gasteiger partial charge on any atom is -0.468 e. The summed E-state index contributed by atoms with van der Waals surface area (Å²) in [6.45, 7) is 1.70. The maximum absolute atomic E-state index is 11.0. The van der Waals surface area contributed by atoms with E-state index in [9.17, 15) is 9.59 Å². The van der Waals surface area contributed by atoms with Crippen molar-refractivity contribution in [3.05, 3.63) is 33.7 Å². The molecule has 78 valence electrons. The first-order valence-electron chi connectivity index (χ1n) is 4.38. The molecular weight excluding hydrogens is 194 g/mol. The Morgan fingerprint density at radius 3 is 2.93 bits per heavy atom. The number of carbonyl (C=O) groups is 1. The van der Waals surface area contributed by atoms with Crippen molar-refractivity contribution in [3.8, 4) is 11.8 Å². The minimum absolute atomic E-state index is 0.0503. The molecule has 0 saturated carbocycles. The molecular formula is C11H11NO3. The van der Waals surface area contributed by atoms with Crippen LogP contribution in [0.25, 0.3) is 0 Å². The van der Waals surface area contributed by atoms with Crippen LogP contribution in [0.2, 0.25) is 0 Å². The summed E-state index contributed by atoms with van der Waals surface area (Å²) in [6, 6.07) is 1.67. The van der Waals surface area contributed by atoms with Gasteiger partial charge in [0.2, 0.25) is 0 Å². The second kappa shape index (κ2) is 5.01. The van der Waals surface area contributed by atoms with E-state index in [1.807, 2.05) is 0 Å². The SMILES string of the molecule is COC(=O)CC#Cc1c[nH]c(=O)c(C)c1. The summed E-state index contributed by atoms with van der Waals surface area (Å²) in [5.41, 5.74) is 1.14. The molecule has 0 aromatic carbocycles. The maximum Gasteiger partial charge on any atom is 0.317 e. The predicted octanol–water partition coefficient (Wildman–Crippen LogP) is 0.598. The number of ether oxygens (including phenoxy) is 1. The average Bonchev–Trinajstić information content (AvgIpc) is 2.23. The molecule has 0 unspecified atom stereocenters. The van der Waals surface area contributed by atoms with Gasteiger partial charge < -0.3 is 9.72 Å². The zero-order valence-corrected chi connectivity index (χ0v) is 8.59. The number of nitrogens with one attached hydrogen (secondary N) is 1. The zero-order valence-electron chi connectivity index (χ0n) is 8.59. The highest BCUT2D eigenvalue weighted by atomic mass is 16.5. The monoisotopic (exact) mass is 205 g/mol. The molecule has 0 spiro atoms. The van der Waals surface area contributed by atoms with Crippen molar-refractivity contribution in [1.29, 1.82) is 0 Å². The van der Waals surface area contributed by atoms with Crippen molar-refractivity contribution in [1.82, 2.24) is 4.98 Å². The fourth-order valence-corrected chi connectivity index (χ4v) is 0.960. The molecule has 0 aliphatic heterocycles. The zero-order chi connectivity index (χ0) is 11.3. The molecule has 1 rings (SSSR count). The lowest BCUT2D eigenvalue weighted by molar-refractivity contribution is -0.139. The lowest BCUT2D eigenvalue weighted by Crippen LogP contribution is -2.08. The van der Waals surface area contributed by atoms with Gasteiger partial charge in [0.15, 0.2) is 0 Å². The van der Waals surface area contributed by atoms with Gasteiger partial charge in [0, 0.05) is 17.3 Å². The van der Waals surface area contributed by atoms with Crippen molar-refractivity contribution in [2.45, 2.75) is 13.3 Å². The van der Waals surface area contributed by atoms with E-state index >= 15 is 0 Å². The van der Waals surface area contributed by atoms with Crippen LogP contribution in [-0.4, -0.2) is 18.1 Å². The first kappa shape index (κ1) is 11.1. The van der Waals surface area contributed by atoms with Crippen LogP contribution in [0.1, 0.15) is 17.5 Å². The van der Waals surface area contributed by atoms with Gasteiger partial charge in [-0.3, -0.25) is 9.59 Å². The lowest BCUT2D eigenvalue weighted by atomic mass is 10.2. The first-order chi connectivity index (χ1) is 7.13. The molecule has 1 heterocycles. The molecule has 0 amide bonds. The maximum atomic E-state index is 11.0. The predicted molar refractivity (Wildman–Crippen MR) is 55.3 cm³/mol. The van der Waals surface area contributed by atoms with Crippen LogP contribution in [0.4, 0.5) is 0 Å². The van der Waals surface area contributed by atoms with Gasteiger partial charge in [0.05, 0.1) is 7.11 Å². The smallest absolute Gasteiger partial charge is 0.317 e. The normalized spacial score (nSPS) is 8.93. The molecule has 0 aliphatic carbocycles. The number of hydrogen-bond acceptors (Lipinski definition) is 3. The van der Waals surface area contributed by atoms with E-state index in [1.54, 1.807) is 13.0 Å². The van der Waals surface area contributed by atoms with Crippen molar-refractivity contribution >= 4 is 5.97 Å². The molecule has 1 N–H and O–H groups in total. The fraction of sp³-hybridized carbons (Fsp3) is 0.273. The Balaban J connectivity index is 2.77. The van der Waals surface area contributed by atoms with Crippen LogP contribution in [0.5, 0.6) is 0 Å². The Hall–Kier alpha value is -2.02. The van der Waals surface area contributed by atoms with Gasteiger partial charge in [-0.15, -0.1) is 0 Å². The Kier molecular flexibility index (Phi) is 3.69. The summed E-state index contributed by atoms with van der Waals surface area (Å²) in [6.07, 6.45) is 1.56. The number of methoxy groups -OCH3 is 1. The number of hydrogen-bond donors (Lipinski definition) is 1. The van der Waals surface area contributed by atoms with Crippen LogP contribution in [0, 0.1) is 18.8 Å². The molecule has 0 aliphatic rings. The Morgan fingerprint density at radius 2 is 2.33 bits per heavy atom. The van der Waals surface area contributed by atoms with Gasteiger partial charge in [-0.1, -0.05) is 11.8 Å². The van der Waals surface area contributed by atoms with Crippen LogP contribution in [0.3, 0.4) is 0 Å². The van der Waals surface area contributed by atoms with Crippen LogP contribution >= 0.6 is 0 Å². The van der Waals surface area contributed by atoms with Crippen molar-refractivity contribution in [2.75, 3.05) is 7.11 Å². The number of rotatable bonds is 1. The number of aromatic nitrogens is 1. The van der Waals surface area contributed by atoms with E-state index in [0.717, 1.165) is 0 Å². The third kappa shape index (κ3) is 3.31. The second-order valence-electron chi connectivity index (χ2n) is 2.96. The van der Waals surface area contributed by atoms with E-state index < -0.39 is 0 Å². The van der Waals surface area contributed by atoms with Crippen molar-refractivity contribution < 1.29 is 9.53 Å². The van der Waals surface area contributed by atoms with Crippen molar-refractivity contribution in [2.24, 2.45) is 0 Å². The van der Waals surface area contributed by atoms with E-state index in [1.165, 1.54) is 13.3 Å². The standard InChI is InChI=1S/C11H11NO3/c1-8-6-9(7-12-11(8)14)4-3-5-10(13)15-2/h6-7H,5H2,1-2H3,(H,12,14). The van der Waals surface area contributed by atoms with Gasteiger partial charge in [-0.05, 0) is 13.0 Å². The molecule has 0 atom stereocenters. The molecule has 0 saturated heterocycles. The summed E-state index contributed by atoms with van der Waals surface area (Å²) < 4.78 is 4.43. The highest BCUT2D eigenvalue weighted by Gasteiger charge is 1.95. The number of aromatic amines is 1. The summed E-state index contributed by atoms with van der Waals surface area (Å²) in [5.74, 6) is 5.04. The molecule has 1 aromatic rings. The lowest BCUT2D eigenvalue weighted by Gasteiger charge is -1.92. The second-order valence-corrected chi connectivity index (χ2v) is 2.96. The highest BCUT2D eigenvalue weighted by molar-refractivity contribution is 5.72. The first-order valence-corrected chi connectivity index (χ1v) is 4.38. The summed E-state index contributed by atoms with van der Waals surface area (Å²) in [5, 5.41) is 0. The largest absolute Gasteiger partial charge is 0.468 e. The van der Waals surface area contributed by atoms with E-state index in [-0.39, 0.29) is 17.9 Å². The van der Waals surface area contributed by atoms with Crippen LogP contribution < -0.4 is 5.56 Å². The molecule has 0 radical (unpaired) electrons. The van der Waals surface area contributed by atoms with Gasteiger partial charge in [-0.2, -0.15) is 0 Å². The van der Waals surface area contributed by atoms with Gasteiger partial charge >= 0.3 is 5.97 Å². The van der Waals surface area contributed by atoms with Gasteiger partial charge in [0.1, 0.15) is 6.42 Å². The Labute approximate surface area is 87.3 Å². The average molecular weight is 205 g/mol. The van der Waals surface area contributed by atoms with Crippen molar-refractivity contribution in [3.63, 3.8) is 0 Å². The number of carbonyl (C=O) groups excluding carboxylic acids is 1.